The van der Waals surface area contributed by atoms with E-state index in [0.29, 0.717) is 25.6 Å². The number of hydrogen-bond donors (Lipinski definition) is 0. The average Bonchev–Trinajstić information content (AvgIpc) is 2.88. The Hall–Kier alpha value is -1.10. The molecule has 2 fully saturated rings. The molecule has 5 heteroatoms. The highest BCUT2D eigenvalue weighted by Gasteiger charge is 2.36. The highest BCUT2D eigenvalue weighted by molar-refractivity contribution is 5.83. The van der Waals surface area contributed by atoms with E-state index in [1.165, 1.54) is 12.8 Å². The summed E-state index contributed by atoms with van der Waals surface area (Å²) in [4.78, 5) is 29.5. The monoisotopic (exact) mass is 338 g/mol. The van der Waals surface area contributed by atoms with E-state index in [4.69, 9.17) is 4.74 Å². The first-order chi connectivity index (χ1) is 11.5. The third-order valence-electron chi connectivity index (χ3n) is 5.56. The summed E-state index contributed by atoms with van der Waals surface area (Å²) in [5.41, 5.74) is -0.391. The Kier molecular flexibility index (Phi) is 7.08. The summed E-state index contributed by atoms with van der Waals surface area (Å²) in [6.45, 7) is 7.83. The number of nitrogens with zero attached hydrogens (tertiary/aromatic N) is 2. The SMILES string of the molecule is COCCC(C)(C)C(=O)N1CCC(C(=O)N2CCCCCC2)CC1. The molecule has 5 nitrogen and oxygen atoms in total. The van der Waals surface area contributed by atoms with Gasteiger partial charge in [0, 0.05) is 51.2 Å². The molecule has 2 amide bonds. The second-order valence-electron chi connectivity index (χ2n) is 7.93. The number of methoxy groups -OCH3 is 1. The molecular formula is C19H34N2O3. The van der Waals surface area contributed by atoms with Crippen molar-refractivity contribution in [1.82, 2.24) is 9.80 Å². The molecule has 138 valence electrons. The Morgan fingerprint density at radius 1 is 0.958 bits per heavy atom. The first-order valence-electron chi connectivity index (χ1n) is 9.53. The fraction of sp³-hybridized carbons (Fsp3) is 0.895. The molecule has 0 aromatic rings. The number of piperidine rings is 1. The molecule has 0 radical (unpaired) electrons. The van der Waals surface area contributed by atoms with Crippen LogP contribution < -0.4 is 0 Å². The van der Waals surface area contributed by atoms with Crippen molar-refractivity contribution in [3.63, 3.8) is 0 Å². The summed E-state index contributed by atoms with van der Waals surface area (Å²) in [6, 6.07) is 0. The Bertz CT molecular complexity index is 420. The van der Waals surface area contributed by atoms with Crippen molar-refractivity contribution in [3.05, 3.63) is 0 Å². The molecule has 0 bridgehead atoms. The number of ether oxygens (including phenoxy) is 1. The lowest BCUT2D eigenvalue weighted by Gasteiger charge is -2.37. The van der Waals surface area contributed by atoms with E-state index in [0.717, 1.165) is 45.2 Å². The van der Waals surface area contributed by atoms with Crippen LogP contribution in [-0.4, -0.2) is 61.5 Å². The van der Waals surface area contributed by atoms with Gasteiger partial charge in [-0.3, -0.25) is 9.59 Å². The third kappa shape index (κ3) is 4.95. The smallest absolute Gasteiger partial charge is 0.228 e. The Morgan fingerprint density at radius 2 is 1.54 bits per heavy atom. The normalized spacial score (nSPS) is 20.8. The van der Waals surface area contributed by atoms with Gasteiger partial charge in [-0.1, -0.05) is 26.7 Å². The predicted octanol–water partition coefficient (Wildman–Crippen LogP) is 2.69. The molecule has 0 atom stereocenters. The van der Waals surface area contributed by atoms with Gasteiger partial charge in [-0.05, 0) is 32.1 Å². The van der Waals surface area contributed by atoms with Gasteiger partial charge in [0.2, 0.25) is 11.8 Å². The molecule has 2 aliphatic rings. The molecule has 2 aliphatic heterocycles. The summed E-state index contributed by atoms with van der Waals surface area (Å²) in [5, 5.41) is 0. The van der Waals surface area contributed by atoms with Crippen molar-refractivity contribution in [1.29, 1.82) is 0 Å². The van der Waals surface area contributed by atoms with Crippen molar-refractivity contribution in [3.8, 4) is 0 Å². The lowest BCUT2D eigenvalue weighted by Crippen LogP contribution is -2.48. The van der Waals surface area contributed by atoms with Crippen LogP contribution in [0.15, 0.2) is 0 Å². The second-order valence-corrected chi connectivity index (χ2v) is 7.93. The summed E-state index contributed by atoms with van der Waals surface area (Å²) in [7, 11) is 1.67. The fourth-order valence-corrected chi connectivity index (χ4v) is 3.77. The lowest BCUT2D eigenvalue weighted by atomic mass is 9.86. The molecule has 0 aromatic heterocycles. The fourth-order valence-electron chi connectivity index (χ4n) is 3.77. The summed E-state index contributed by atoms with van der Waals surface area (Å²) in [5.74, 6) is 0.622. The molecule has 2 rings (SSSR count). The van der Waals surface area contributed by atoms with E-state index in [-0.39, 0.29) is 11.8 Å². The average molecular weight is 338 g/mol. The Labute approximate surface area is 146 Å². The number of carbonyl (C=O) groups excluding carboxylic acids is 2. The molecule has 24 heavy (non-hydrogen) atoms. The number of rotatable bonds is 5. The van der Waals surface area contributed by atoms with Crippen LogP contribution in [0.25, 0.3) is 0 Å². The zero-order valence-corrected chi connectivity index (χ0v) is 15.7. The van der Waals surface area contributed by atoms with Gasteiger partial charge in [-0.2, -0.15) is 0 Å². The molecule has 0 saturated carbocycles. The van der Waals surface area contributed by atoms with Crippen molar-refractivity contribution in [2.24, 2.45) is 11.3 Å². The summed E-state index contributed by atoms with van der Waals surface area (Å²) >= 11 is 0. The van der Waals surface area contributed by atoms with Crippen LogP contribution in [0, 0.1) is 11.3 Å². The highest BCUT2D eigenvalue weighted by atomic mass is 16.5. The quantitative estimate of drug-likeness (QED) is 0.774. The molecular weight excluding hydrogens is 304 g/mol. The topological polar surface area (TPSA) is 49.9 Å². The summed E-state index contributed by atoms with van der Waals surface area (Å²) < 4.78 is 5.12. The van der Waals surface area contributed by atoms with Gasteiger partial charge in [-0.25, -0.2) is 0 Å². The maximum absolute atomic E-state index is 12.7. The van der Waals surface area contributed by atoms with Gasteiger partial charge in [0.05, 0.1) is 0 Å². The van der Waals surface area contributed by atoms with Crippen LogP contribution in [0.5, 0.6) is 0 Å². The maximum atomic E-state index is 12.7. The molecule has 2 heterocycles. The zero-order chi connectivity index (χ0) is 17.6. The van der Waals surface area contributed by atoms with Gasteiger partial charge in [-0.15, -0.1) is 0 Å². The van der Waals surface area contributed by atoms with Crippen LogP contribution >= 0.6 is 0 Å². The minimum absolute atomic E-state index is 0.106. The second kappa shape index (κ2) is 8.84. The van der Waals surface area contributed by atoms with Crippen LogP contribution in [0.3, 0.4) is 0 Å². The van der Waals surface area contributed by atoms with E-state index >= 15 is 0 Å². The van der Waals surface area contributed by atoms with E-state index in [2.05, 4.69) is 4.90 Å². The van der Waals surface area contributed by atoms with Gasteiger partial charge in [0.25, 0.3) is 0 Å². The van der Waals surface area contributed by atoms with Crippen molar-refractivity contribution in [2.75, 3.05) is 39.9 Å². The lowest BCUT2D eigenvalue weighted by molar-refractivity contribution is -0.146. The molecule has 0 unspecified atom stereocenters. The number of hydrogen-bond acceptors (Lipinski definition) is 3. The molecule has 2 saturated heterocycles. The Morgan fingerprint density at radius 3 is 2.08 bits per heavy atom. The Balaban J connectivity index is 1.84. The number of likely N-dealkylation sites (tertiary alicyclic amines) is 2. The van der Waals surface area contributed by atoms with E-state index < -0.39 is 5.41 Å². The predicted molar refractivity (Wildman–Crippen MR) is 94.6 cm³/mol. The van der Waals surface area contributed by atoms with Crippen LogP contribution in [0.4, 0.5) is 0 Å². The van der Waals surface area contributed by atoms with E-state index in [1.807, 2.05) is 18.7 Å². The number of carbonyl (C=O) groups is 2. The van der Waals surface area contributed by atoms with E-state index in [1.54, 1.807) is 7.11 Å². The third-order valence-corrected chi connectivity index (χ3v) is 5.56. The van der Waals surface area contributed by atoms with Gasteiger partial charge >= 0.3 is 0 Å². The van der Waals surface area contributed by atoms with Gasteiger partial charge in [0.1, 0.15) is 0 Å². The molecule has 0 N–H and O–H groups in total. The van der Waals surface area contributed by atoms with Crippen molar-refractivity contribution in [2.45, 2.75) is 58.8 Å². The molecule has 0 aromatic carbocycles. The van der Waals surface area contributed by atoms with Crippen LogP contribution in [0.1, 0.15) is 58.8 Å². The number of amides is 2. The molecule has 0 aliphatic carbocycles. The largest absolute Gasteiger partial charge is 0.385 e. The van der Waals surface area contributed by atoms with Gasteiger partial charge in [0.15, 0.2) is 0 Å². The molecule has 0 spiro atoms. The minimum Gasteiger partial charge on any atom is -0.385 e. The van der Waals surface area contributed by atoms with E-state index in [9.17, 15) is 9.59 Å². The van der Waals surface area contributed by atoms with Crippen molar-refractivity contribution < 1.29 is 14.3 Å². The first-order valence-corrected chi connectivity index (χ1v) is 9.53. The maximum Gasteiger partial charge on any atom is 0.228 e. The highest BCUT2D eigenvalue weighted by Crippen LogP contribution is 2.28. The minimum atomic E-state index is -0.391. The van der Waals surface area contributed by atoms with Gasteiger partial charge < -0.3 is 14.5 Å². The standard InChI is InChI=1S/C19H34N2O3/c1-19(2,10-15-24-3)18(23)21-13-8-16(9-14-21)17(22)20-11-6-4-5-7-12-20/h16H,4-15H2,1-3H3. The first kappa shape index (κ1) is 19.2. The van der Waals surface area contributed by atoms with Crippen molar-refractivity contribution >= 4 is 11.8 Å². The van der Waals surface area contributed by atoms with Crippen LogP contribution in [0.2, 0.25) is 0 Å². The van der Waals surface area contributed by atoms with Crippen LogP contribution in [-0.2, 0) is 14.3 Å². The summed E-state index contributed by atoms with van der Waals surface area (Å²) in [6.07, 6.45) is 7.10. The zero-order valence-electron chi connectivity index (χ0n) is 15.7.